The normalized spacial score (nSPS) is 17.2. The maximum absolute atomic E-state index is 5.68. The van der Waals surface area contributed by atoms with Crippen LogP contribution in [0.15, 0.2) is 0 Å². The Bertz CT molecular complexity index is 195. The lowest BCUT2D eigenvalue weighted by molar-refractivity contribution is 0.100. The summed E-state index contributed by atoms with van der Waals surface area (Å²) >= 11 is 0. The molecule has 0 bridgehead atoms. The largest absolute Gasteiger partial charge is 0.484 e. The second kappa shape index (κ2) is 11.8. The Morgan fingerprint density at radius 2 is 1.63 bits per heavy atom. The molecular formula is C14H31NO3Si. The number of rotatable bonds is 11. The first kappa shape index (κ1) is 17.1. The molecule has 0 atom stereocenters. The van der Waals surface area contributed by atoms with Crippen molar-refractivity contribution < 1.29 is 13.3 Å². The molecule has 0 aliphatic heterocycles. The SMILES string of the molecule is CCO[SiH](OCC)OCCCCNC1CCCCC1. The minimum atomic E-state index is -1.83. The molecule has 0 spiro atoms. The van der Waals surface area contributed by atoms with Gasteiger partial charge in [0.15, 0.2) is 0 Å². The molecule has 0 unspecified atom stereocenters. The van der Waals surface area contributed by atoms with Crippen molar-refractivity contribution in [1.29, 1.82) is 0 Å². The van der Waals surface area contributed by atoms with Gasteiger partial charge in [-0.05, 0) is 46.1 Å². The highest BCUT2D eigenvalue weighted by Crippen LogP contribution is 2.17. The third-order valence-corrected chi connectivity index (χ3v) is 5.19. The summed E-state index contributed by atoms with van der Waals surface area (Å²) in [6, 6.07) is 0.767. The Kier molecular flexibility index (Phi) is 10.7. The second-order valence-corrected chi connectivity index (χ2v) is 6.64. The van der Waals surface area contributed by atoms with Crippen molar-refractivity contribution in [2.24, 2.45) is 0 Å². The van der Waals surface area contributed by atoms with Gasteiger partial charge < -0.3 is 18.6 Å². The molecule has 19 heavy (non-hydrogen) atoms. The fourth-order valence-corrected chi connectivity index (χ4v) is 3.63. The molecule has 5 heteroatoms. The summed E-state index contributed by atoms with van der Waals surface area (Å²) in [7, 11) is -1.83. The van der Waals surface area contributed by atoms with E-state index in [0.29, 0.717) is 13.2 Å². The molecule has 1 fully saturated rings. The van der Waals surface area contributed by atoms with E-state index in [-0.39, 0.29) is 0 Å². The summed E-state index contributed by atoms with van der Waals surface area (Å²) in [6.07, 6.45) is 9.21. The van der Waals surface area contributed by atoms with Gasteiger partial charge in [0.1, 0.15) is 0 Å². The van der Waals surface area contributed by atoms with Crippen molar-refractivity contribution in [1.82, 2.24) is 5.32 Å². The quantitative estimate of drug-likeness (QED) is 0.468. The van der Waals surface area contributed by atoms with Gasteiger partial charge in [-0.3, -0.25) is 0 Å². The zero-order chi connectivity index (χ0) is 13.8. The fourth-order valence-electron chi connectivity index (χ4n) is 2.44. The van der Waals surface area contributed by atoms with Crippen LogP contribution in [0.5, 0.6) is 0 Å². The monoisotopic (exact) mass is 289 g/mol. The van der Waals surface area contributed by atoms with E-state index in [4.69, 9.17) is 13.3 Å². The predicted molar refractivity (Wildman–Crippen MR) is 80.5 cm³/mol. The lowest BCUT2D eigenvalue weighted by atomic mass is 9.95. The topological polar surface area (TPSA) is 39.7 Å². The Morgan fingerprint density at radius 3 is 2.26 bits per heavy atom. The Labute approximate surface area is 120 Å². The Balaban J connectivity index is 1.91. The van der Waals surface area contributed by atoms with Crippen molar-refractivity contribution in [3.05, 3.63) is 0 Å². The first-order valence-corrected chi connectivity index (χ1v) is 9.36. The number of hydrogen-bond acceptors (Lipinski definition) is 4. The molecule has 114 valence electrons. The molecule has 1 saturated carbocycles. The third kappa shape index (κ3) is 8.76. The summed E-state index contributed by atoms with van der Waals surface area (Å²) in [5, 5.41) is 3.65. The fraction of sp³-hybridized carbons (Fsp3) is 1.00. The summed E-state index contributed by atoms with van der Waals surface area (Å²) in [5.74, 6) is 0. The molecule has 1 rings (SSSR count). The van der Waals surface area contributed by atoms with E-state index in [1.54, 1.807) is 0 Å². The van der Waals surface area contributed by atoms with Crippen LogP contribution in [0.25, 0.3) is 0 Å². The standard InChI is InChI=1S/C14H31NO3Si/c1-3-16-19(17-4-2)18-13-9-8-12-15-14-10-6-5-7-11-14/h14-15,19H,3-13H2,1-2H3. The van der Waals surface area contributed by atoms with Gasteiger partial charge in [-0.1, -0.05) is 19.3 Å². The van der Waals surface area contributed by atoms with Crippen LogP contribution >= 0.6 is 0 Å². The van der Waals surface area contributed by atoms with E-state index < -0.39 is 9.53 Å². The third-order valence-electron chi connectivity index (χ3n) is 3.47. The van der Waals surface area contributed by atoms with Gasteiger partial charge in [0.05, 0.1) is 0 Å². The minimum Gasteiger partial charge on any atom is -0.376 e. The van der Waals surface area contributed by atoms with Gasteiger partial charge in [-0.15, -0.1) is 0 Å². The summed E-state index contributed by atoms with van der Waals surface area (Å²) in [5.41, 5.74) is 0. The van der Waals surface area contributed by atoms with Crippen molar-refractivity contribution >= 4 is 9.53 Å². The summed E-state index contributed by atoms with van der Waals surface area (Å²) < 4.78 is 16.6. The van der Waals surface area contributed by atoms with E-state index >= 15 is 0 Å². The number of hydrogen-bond donors (Lipinski definition) is 1. The predicted octanol–water partition coefficient (Wildman–Crippen LogP) is 2.50. The zero-order valence-corrected chi connectivity index (χ0v) is 13.8. The molecule has 0 heterocycles. The lowest BCUT2D eigenvalue weighted by Gasteiger charge is -2.22. The van der Waals surface area contributed by atoms with Gasteiger partial charge >= 0.3 is 9.53 Å². The van der Waals surface area contributed by atoms with Crippen LogP contribution < -0.4 is 5.32 Å². The van der Waals surface area contributed by atoms with E-state index in [1.807, 2.05) is 13.8 Å². The molecule has 4 nitrogen and oxygen atoms in total. The molecule has 0 aromatic rings. The molecule has 0 amide bonds. The average Bonchev–Trinajstić information content (AvgIpc) is 2.44. The molecule has 0 saturated heterocycles. The average molecular weight is 289 g/mol. The summed E-state index contributed by atoms with van der Waals surface area (Å²) in [4.78, 5) is 0. The van der Waals surface area contributed by atoms with Gasteiger partial charge in [0, 0.05) is 25.9 Å². The van der Waals surface area contributed by atoms with Crippen LogP contribution in [0, 0.1) is 0 Å². The van der Waals surface area contributed by atoms with Crippen LogP contribution in [0.3, 0.4) is 0 Å². The molecule has 0 radical (unpaired) electrons. The number of unbranched alkanes of at least 4 members (excludes halogenated alkanes) is 1. The molecular weight excluding hydrogens is 258 g/mol. The van der Waals surface area contributed by atoms with Crippen molar-refractivity contribution in [2.45, 2.75) is 64.8 Å². The van der Waals surface area contributed by atoms with E-state index in [2.05, 4.69) is 5.32 Å². The highest BCUT2D eigenvalue weighted by molar-refractivity contribution is 6.36. The highest BCUT2D eigenvalue weighted by Gasteiger charge is 2.13. The van der Waals surface area contributed by atoms with E-state index in [9.17, 15) is 0 Å². The lowest BCUT2D eigenvalue weighted by Crippen LogP contribution is -2.32. The molecule has 1 aliphatic rings. The first-order valence-electron chi connectivity index (χ1n) is 7.95. The molecule has 1 aliphatic carbocycles. The van der Waals surface area contributed by atoms with E-state index in [0.717, 1.165) is 25.6 Å². The van der Waals surface area contributed by atoms with Crippen molar-refractivity contribution in [3.63, 3.8) is 0 Å². The number of nitrogens with one attached hydrogen (secondary N) is 1. The van der Waals surface area contributed by atoms with Gasteiger partial charge in [-0.25, -0.2) is 0 Å². The van der Waals surface area contributed by atoms with E-state index in [1.165, 1.54) is 38.5 Å². The maximum Gasteiger partial charge on any atom is 0.484 e. The Morgan fingerprint density at radius 1 is 0.947 bits per heavy atom. The van der Waals surface area contributed by atoms with Crippen LogP contribution in [0.1, 0.15) is 58.8 Å². The molecule has 1 N–H and O–H groups in total. The molecule has 0 aromatic carbocycles. The highest BCUT2D eigenvalue weighted by atomic mass is 28.3. The van der Waals surface area contributed by atoms with Crippen LogP contribution in [0.2, 0.25) is 0 Å². The maximum atomic E-state index is 5.68. The Hall–Kier alpha value is 0.0569. The molecule has 0 aromatic heterocycles. The van der Waals surface area contributed by atoms with Crippen LogP contribution in [-0.2, 0) is 13.3 Å². The first-order chi connectivity index (χ1) is 9.36. The summed E-state index contributed by atoms with van der Waals surface area (Å²) in [6.45, 7) is 7.21. The minimum absolute atomic E-state index is 0.681. The van der Waals surface area contributed by atoms with Crippen molar-refractivity contribution in [2.75, 3.05) is 26.4 Å². The second-order valence-electron chi connectivity index (χ2n) is 5.07. The van der Waals surface area contributed by atoms with Gasteiger partial charge in [-0.2, -0.15) is 0 Å². The zero-order valence-electron chi connectivity index (χ0n) is 12.7. The van der Waals surface area contributed by atoms with Crippen molar-refractivity contribution in [3.8, 4) is 0 Å². The van der Waals surface area contributed by atoms with Gasteiger partial charge in [0.2, 0.25) is 0 Å². The van der Waals surface area contributed by atoms with Crippen LogP contribution in [-0.4, -0.2) is 41.9 Å². The smallest absolute Gasteiger partial charge is 0.376 e. The van der Waals surface area contributed by atoms with Gasteiger partial charge in [0.25, 0.3) is 0 Å². The van der Waals surface area contributed by atoms with Crippen LogP contribution in [0.4, 0.5) is 0 Å².